The highest BCUT2D eigenvalue weighted by atomic mass is 32.1. The van der Waals surface area contributed by atoms with Crippen molar-refractivity contribution in [2.75, 3.05) is 0 Å². The first-order chi connectivity index (χ1) is 7.32. The van der Waals surface area contributed by atoms with Crippen molar-refractivity contribution in [3.63, 3.8) is 0 Å². The van der Waals surface area contributed by atoms with Crippen LogP contribution < -0.4 is 0 Å². The molecular formula is C12H14O2S. The molecule has 2 aliphatic heterocycles. The van der Waals surface area contributed by atoms with Gasteiger partial charge in [0.25, 0.3) is 0 Å². The summed E-state index contributed by atoms with van der Waals surface area (Å²) in [7, 11) is 0. The monoisotopic (exact) mass is 222 g/mol. The van der Waals surface area contributed by atoms with E-state index in [1.54, 1.807) is 11.3 Å². The molecule has 2 saturated heterocycles. The summed E-state index contributed by atoms with van der Waals surface area (Å²) in [5.74, 6) is 0. The summed E-state index contributed by atoms with van der Waals surface area (Å²) in [4.78, 5) is 11.4. The molecule has 0 N–H and O–H groups in total. The molecule has 2 bridgehead atoms. The second-order valence-corrected chi connectivity index (χ2v) is 5.47. The Morgan fingerprint density at radius 2 is 2.53 bits per heavy atom. The number of fused-ring (bicyclic) bond motifs is 2. The maximum Gasteiger partial charge on any atom is 0.129 e. The summed E-state index contributed by atoms with van der Waals surface area (Å²) in [6.07, 6.45) is 5.67. The lowest BCUT2D eigenvalue weighted by molar-refractivity contribution is -0.118. The van der Waals surface area contributed by atoms with E-state index in [1.165, 1.54) is 5.56 Å². The van der Waals surface area contributed by atoms with Gasteiger partial charge in [0.15, 0.2) is 0 Å². The highest BCUT2D eigenvalue weighted by Crippen LogP contribution is 2.48. The van der Waals surface area contributed by atoms with Crippen LogP contribution in [0.1, 0.15) is 24.8 Å². The number of thiophene rings is 1. The minimum atomic E-state index is -0.218. The molecule has 0 amide bonds. The molecule has 3 heteroatoms. The molecule has 3 unspecified atom stereocenters. The van der Waals surface area contributed by atoms with Crippen molar-refractivity contribution < 1.29 is 9.53 Å². The van der Waals surface area contributed by atoms with Crippen LogP contribution in [0.15, 0.2) is 16.8 Å². The van der Waals surface area contributed by atoms with Crippen molar-refractivity contribution in [2.45, 2.75) is 37.9 Å². The van der Waals surface area contributed by atoms with E-state index < -0.39 is 0 Å². The average molecular weight is 222 g/mol. The number of carbonyl (C=O) groups excluding carboxylic acids is 1. The van der Waals surface area contributed by atoms with Crippen LogP contribution in [0.25, 0.3) is 0 Å². The van der Waals surface area contributed by atoms with Gasteiger partial charge in [-0.1, -0.05) is 0 Å². The normalized spacial score (nSPS) is 38.4. The highest BCUT2D eigenvalue weighted by Gasteiger charge is 2.52. The van der Waals surface area contributed by atoms with Crippen molar-refractivity contribution in [2.24, 2.45) is 5.41 Å². The Hall–Kier alpha value is -0.670. The van der Waals surface area contributed by atoms with E-state index >= 15 is 0 Å². The second-order valence-electron chi connectivity index (χ2n) is 4.69. The molecule has 0 saturated carbocycles. The Morgan fingerprint density at radius 3 is 3.07 bits per heavy atom. The maximum absolute atomic E-state index is 11.4. The van der Waals surface area contributed by atoms with Gasteiger partial charge in [0, 0.05) is 0 Å². The van der Waals surface area contributed by atoms with Crippen molar-refractivity contribution >= 4 is 17.6 Å². The van der Waals surface area contributed by atoms with E-state index in [0.29, 0.717) is 6.10 Å². The van der Waals surface area contributed by atoms with Crippen LogP contribution >= 0.6 is 11.3 Å². The predicted octanol–water partition coefficient (Wildman–Crippen LogP) is 2.43. The molecule has 1 aromatic heterocycles. The van der Waals surface area contributed by atoms with Crippen LogP contribution in [-0.4, -0.2) is 18.5 Å². The fraction of sp³-hybridized carbons (Fsp3) is 0.583. The molecule has 0 aromatic carbocycles. The molecule has 0 spiro atoms. The largest absolute Gasteiger partial charge is 0.374 e. The molecule has 3 rings (SSSR count). The number of carbonyl (C=O) groups is 1. The van der Waals surface area contributed by atoms with Crippen LogP contribution in [0.5, 0.6) is 0 Å². The topological polar surface area (TPSA) is 26.3 Å². The summed E-state index contributed by atoms with van der Waals surface area (Å²) >= 11 is 1.70. The summed E-state index contributed by atoms with van der Waals surface area (Å²) in [6, 6.07) is 2.11. The highest BCUT2D eigenvalue weighted by molar-refractivity contribution is 7.07. The molecular weight excluding hydrogens is 208 g/mol. The third-order valence-corrected chi connectivity index (χ3v) is 4.44. The van der Waals surface area contributed by atoms with E-state index in [2.05, 4.69) is 16.8 Å². The van der Waals surface area contributed by atoms with E-state index in [0.717, 1.165) is 32.0 Å². The van der Waals surface area contributed by atoms with E-state index in [4.69, 9.17) is 4.74 Å². The van der Waals surface area contributed by atoms with Crippen molar-refractivity contribution in [3.05, 3.63) is 22.4 Å². The van der Waals surface area contributed by atoms with E-state index in [9.17, 15) is 4.79 Å². The van der Waals surface area contributed by atoms with E-state index in [1.807, 2.05) is 0 Å². The zero-order valence-corrected chi connectivity index (χ0v) is 9.33. The molecule has 0 radical (unpaired) electrons. The molecule has 2 nitrogen and oxygen atoms in total. The van der Waals surface area contributed by atoms with Crippen molar-refractivity contribution in [1.29, 1.82) is 0 Å². The molecule has 3 atom stereocenters. The van der Waals surface area contributed by atoms with Gasteiger partial charge >= 0.3 is 0 Å². The molecule has 0 aliphatic carbocycles. The lowest BCUT2D eigenvalue weighted by atomic mass is 9.71. The van der Waals surface area contributed by atoms with Crippen LogP contribution in [0, 0.1) is 5.41 Å². The zero-order chi connectivity index (χ0) is 10.3. The minimum absolute atomic E-state index is 0.180. The van der Waals surface area contributed by atoms with Gasteiger partial charge in [-0.25, -0.2) is 0 Å². The fourth-order valence-corrected chi connectivity index (χ4v) is 3.63. The fourth-order valence-electron chi connectivity index (χ4n) is 2.96. The number of aldehydes is 1. The third-order valence-electron chi connectivity index (χ3n) is 3.70. The van der Waals surface area contributed by atoms with Gasteiger partial charge in [-0.05, 0) is 48.1 Å². The van der Waals surface area contributed by atoms with Crippen LogP contribution in [0.3, 0.4) is 0 Å². The smallest absolute Gasteiger partial charge is 0.129 e. The molecule has 3 heterocycles. The molecule has 15 heavy (non-hydrogen) atoms. The van der Waals surface area contributed by atoms with Gasteiger partial charge < -0.3 is 9.53 Å². The van der Waals surface area contributed by atoms with Crippen LogP contribution in [0.4, 0.5) is 0 Å². The summed E-state index contributed by atoms with van der Waals surface area (Å²) in [5.41, 5.74) is 1.06. The lowest BCUT2D eigenvalue weighted by Crippen LogP contribution is -2.36. The molecule has 2 aliphatic rings. The Bertz CT molecular complexity index is 360. The van der Waals surface area contributed by atoms with Gasteiger partial charge in [0.2, 0.25) is 0 Å². The van der Waals surface area contributed by atoms with Crippen molar-refractivity contribution in [3.8, 4) is 0 Å². The third kappa shape index (κ3) is 1.45. The standard InChI is InChI=1S/C12H14O2S/c13-8-12(5-9-3-4-15-7-9)6-10-1-2-11(12)14-10/h3-4,7-8,10-11H,1-2,5-6H2. The lowest BCUT2D eigenvalue weighted by Gasteiger charge is -2.29. The van der Waals surface area contributed by atoms with Gasteiger partial charge in [-0.2, -0.15) is 11.3 Å². The van der Waals surface area contributed by atoms with Crippen molar-refractivity contribution in [1.82, 2.24) is 0 Å². The Kier molecular flexibility index (Phi) is 2.18. The number of ether oxygens (including phenoxy) is 1. The maximum atomic E-state index is 11.4. The first-order valence-corrected chi connectivity index (χ1v) is 6.39. The SMILES string of the molecule is O=CC1(Cc2ccsc2)CC2CCC1O2. The quantitative estimate of drug-likeness (QED) is 0.734. The van der Waals surface area contributed by atoms with E-state index in [-0.39, 0.29) is 11.5 Å². The number of rotatable bonds is 3. The average Bonchev–Trinajstić information content (AvgIpc) is 2.93. The number of hydrogen-bond donors (Lipinski definition) is 0. The first-order valence-electron chi connectivity index (χ1n) is 5.45. The molecule has 80 valence electrons. The Labute approximate surface area is 93.3 Å². The van der Waals surface area contributed by atoms with Crippen LogP contribution in [-0.2, 0) is 16.0 Å². The van der Waals surface area contributed by atoms with Gasteiger partial charge in [0.05, 0.1) is 17.6 Å². The van der Waals surface area contributed by atoms with Gasteiger partial charge in [-0.15, -0.1) is 0 Å². The molecule has 1 aromatic rings. The molecule has 2 fully saturated rings. The van der Waals surface area contributed by atoms with Crippen LogP contribution in [0.2, 0.25) is 0 Å². The van der Waals surface area contributed by atoms with Gasteiger partial charge in [-0.3, -0.25) is 0 Å². The Morgan fingerprint density at radius 1 is 1.60 bits per heavy atom. The second kappa shape index (κ2) is 3.42. The number of hydrogen-bond acceptors (Lipinski definition) is 3. The Balaban J connectivity index is 1.85. The predicted molar refractivity (Wildman–Crippen MR) is 59.0 cm³/mol. The van der Waals surface area contributed by atoms with Gasteiger partial charge in [0.1, 0.15) is 6.29 Å². The first kappa shape index (κ1) is 9.55. The summed E-state index contributed by atoms with van der Waals surface area (Å²) in [6.45, 7) is 0. The summed E-state index contributed by atoms with van der Waals surface area (Å²) < 4.78 is 5.80. The zero-order valence-electron chi connectivity index (χ0n) is 8.52. The summed E-state index contributed by atoms with van der Waals surface area (Å²) in [5, 5.41) is 4.21. The minimum Gasteiger partial charge on any atom is -0.374 e.